The highest BCUT2D eigenvalue weighted by Crippen LogP contribution is 2.12. The molecule has 0 aliphatic carbocycles. The molecule has 1 fully saturated rings. The van der Waals surface area contributed by atoms with Crippen molar-refractivity contribution in [3.63, 3.8) is 0 Å². The number of halogens is 2. The molecular formula is C18H27F2N3O2. The fraction of sp³-hybridized carbons (Fsp3) is 0.611. The molecule has 2 N–H and O–H groups in total. The molecule has 1 atom stereocenters. The van der Waals surface area contributed by atoms with Gasteiger partial charge in [-0.15, -0.1) is 0 Å². The molecule has 7 heteroatoms. The Kier molecular flexibility index (Phi) is 8.62. The summed E-state index contributed by atoms with van der Waals surface area (Å²) in [5.41, 5.74) is 0.0907. The third-order valence-electron chi connectivity index (χ3n) is 4.04. The van der Waals surface area contributed by atoms with Crippen molar-refractivity contribution < 1.29 is 18.3 Å². The standard InChI is InChI=1S/C18H27F2N3O2/c1-21-18(22-9-4-11-24-13-14-5-3-12-25-14)23-10-8-15-16(19)6-2-7-17(15)20/h2,6-7,14H,3-5,8-13H2,1H3,(H2,21,22,23). The first kappa shape index (κ1) is 19.6. The van der Waals surface area contributed by atoms with Crippen LogP contribution in [0.25, 0.3) is 0 Å². The predicted molar refractivity (Wildman–Crippen MR) is 93.8 cm³/mol. The van der Waals surface area contributed by atoms with Crippen molar-refractivity contribution in [3.8, 4) is 0 Å². The smallest absolute Gasteiger partial charge is 0.190 e. The molecule has 1 saturated heterocycles. The van der Waals surface area contributed by atoms with Crippen molar-refractivity contribution in [3.05, 3.63) is 35.4 Å². The van der Waals surface area contributed by atoms with Gasteiger partial charge in [0, 0.05) is 38.9 Å². The Hall–Kier alpha value is -1.73. The average molecular weight is 355 g/mol. The van der Waals surface area contributed by atoms with Crippen LogP contribution in [-0.2, 0) is 15.9 Å². The van der Waals surface area contributed by atoms with Crippen LogP contribution in [-0.4, -0.2) is 52.0 Å². The normalized spacial score (nSPS) is 17.7. The Bertz CT molecular complexity index is 529. The van der Waals surface area contributed by atoms with Crippen LogP contribution in [0.5, 0.6) is 0 Å². The maximum atomic E-state index is 13.6. The van der Waals surface area contributed by atoms with E-state index in [0.29, 0.717) is 32.3 Å². The summed E-state index contributed by atoms with van der Waals surface area (Å²) >= 11 is 0. The summed E-state index contributed by atoms with van der Waals surface area (Å²) in [7, 11) is 1.66. The highest BCUT2D eigenvalue weighted by atomic mass is 19.1. The lowest BCUT2D eigenvalue weighted by molar-refractivity contribution is 0.0168. The summed E-state index contributed by atoms with van der Waals surface area (Å²) < 4.78 is 38.2. The monoisotopic (exact) mass is 355 g/mol. The van der Waals surface area contributed by atoms with Gasteiger partial charge in [-0.1, -0.05) is 6.07 Å². The van der Waals surface area contributed by atoms with E-state index in [9.17, 15) is 8.78 Å². The second-order valence-corrected chi connectivity index (χ2v) is 5.94. The Balaban J connectivity index is 1.56. The zero-order chi connectivity index (χ0) is 17.9. The molecule has 25 heavy (non-hydrogen) atoms. The van der Waals surface area contributed by atoms with E-state index >= 15 is 0 Å². The molecular weight excluding hydrogens is 328 g/mol. The fourth-order valence-electron chi connectivity index (χ4n) is 2.67. The van der Waals surface area contributed by atoms with Crippen LogP contribution in [0.4, 0.5) is 8.78 Å². The highest BCUT2D eigenvalue weighted by molar-refractivity contribution is 5.79. The van der Waals surface area contributed by atoms with Crippen molar-refractivity contribution in [2.24, 2.45) is 4.99 Å². The van der Waals surface area contributed by atoms with Crippen molar-refractivity contribution >= 4 is 5.96 Å². The molecule has 2 rings (SSSR count). The zero-order valence-corrected chi connectivity index (χ0v) is 14.7. The van der Waals surface area contributed by atoms with Gasteiger partial charge in [-0.25, -0.2) is 8.78 Å². The molecule has 0 aromatic heterocycles. The minimum atomic E-state index is -0.520. The molecule has 0 amide bonds. The number of nitrogens with one attached hydrogen (secondary N) is 2. The van der Waals surface area contributed by atoms with Gasteiger partial charge in [0.1, 0.15) is 11.6 Å². The number of hydrogen-bond donors (Lipinski definition) is 2. The van der Waals surface area contributed by atoms with Gasteiger partial charge in [-0.2, -0.15) is 0 Å². The summed E-state index contributed by atoms with van der Waals surface area (Å²) in [6.45, 7) is 3.26. The van der Waals surface area contributed by atoms with Gasteiger partial charge in [0.15, 0.2) is 5.96 Å². The van der Waals surface area contributed by atoms with Crippen molar-refractivity contribution in [1.29, 1.82) is 0 Å². The number of nitrogens with zero attached hydrogens (tertiary/aromatic N) is 1. The van der Waals surface area contributed by atoms with Crippen LogP contribution in [0.15, 0.2) is 23.2 Å². The largest absolute Gasteiger partial charge is 0.379 e. The Morgan fingerprint density at radius 2 is 2.04 bits per heavy atom. The van der Waals surface area contributed by atoms with Crippen LogP contribution in [0.2, 0.25) is 0 Å². The second kappa shape index (κ2) is 11.0. The van der Waals surface area contributed by atoms with Gasteiger partial charge in [0.2, 0.25) is 0 Å². The summed E-state index contributed by atoms with van der Waals surface area (Å²) in [5, 5.41) is 6.21. The molecule has 1 unspecified atom stereocenters. The van der Waals surface area contributed by atoms with Crippen LogP contribution >= 0.6 is 0 Å². The predicted octanol–water partition coefficient (Wildman–Crippen LogP) is 2.26. The minimum absolute atomic E-state index is 0.0907. The first-order chi connectivity index (χ1) is 12.2. The van der Waals surface area contributed by atoms with Crippen molar-refractivity contribution in [2.45, 2.75) is 31.8 Å². The third kappa shape index (κ3) is 6.96. The van der Waals surface area contributed by atoms with Crippen LogP contribution < -0.4 is 10.6 Å². The molecule has 1 aliphatic rings. The molecule has 0 saturated carbocycles. The van der Waals surface area contributed by atoms with E-state index in [2.05, 4.69) is 15.6 Å². The molecule has 1 aliphatic heterocycles. The minimum Gasteiger partial charge on any atom is -0.379 e. The molecule has 140 valence electrons. The van der Waals surface area contributed by atoms with Gasteiger partial charge in [-0.3, -0.25) is 4.99 Å². The number of benzene rings is 1. The van der Waals surface area contributed by atoms with Crippen LogP contribution in [0.1, 0.15) is 24.8 Å². The van der Waals surface area contributed by atoms with Crippen molar-refractivity contribution in [2.75, 3.05) is 40.0 Å². The lowest BCUT2D eigenvalue weighted by atomic mass is 10.1. The SMILES string of the molecule is CN=C(NCCCOCC1CCCO1)NCCc1c(F)cccc1F. The van der Waals surface area contributed by atoms with Crippen LogP contribution in [0, 0.1) is 11.6 Å². The number of hydrogen-bond acceptors (Lipinski definition) is 3. The number of aliphatic imine (C=N–C) groups is 1. The Morgan fingerprint density at radius 1 is 1.28 bits per heavy atom. The van der Waals surface area contributed by atoms with E-state index in [1.165, 1.54) is 18.2 Å². The van der Waals surface area contributed by atoms with E-state index in [0.717, 1.165) is 25.9 Å². The number of rotatable bonds is 9. The summed E-state index contributed by atoms with van der Waals surface area (Å²) in [5.74, 6) is -0.433. The van der Waals surface area contributed by atoms with E-state index in [4.69, 9.17) is 9.47 Å². The molecule has 5 nitrogen and oxygen atoms in total. The van der Waals surface area contributed by atoms with E-state index in [1.54, 1.807) is 7.05 Å². The maximum Gasteiger partial charge on any atom is 0.190 e. The summed E-state index contributed by atoms with van der Waals surface area (Å²) in [4.78, 5) is 4.09. The molecule has 0 radical (unpaired) electrons. The molecule has 1 aromatic rings. The van der Waals surface area contributed by atoms with E-state index in [1.807, 2.05) is 0 Å². The molecule has 0 spiro atoms. The van der Waals surface area contributed by atoms with Gasteiger partial charge < -0.3 is 20.1 Å². The third-order valence-corrected chi connectivity index (χ3v) is 4.04. The van der Waals surface area contributed by atoms with Gasteiger partial charge in [0.25, 0.3) is 0 Å². The fourth-order valence-corrected chi connectivity index (χ4v) is 2.67. The van der Waals surface area contributed by atoms with E-state index in [-0.39, 0.29) is 18.1 Å². The van der Waals surface area contributed by atoms with Gasteiger partial charge in [-0.05, 0) is 37.8 Å². The highest BCUT2D eigenvalue weighted by Gasteiger charge is 2.14. The van der Waals surface area contributed by atoms with Gasteiger partial charge >= 0.3 is 0 Å². The lowest BCUT2D eigenvalue weighted by Gasteiger charge is -2.13. The van der Waals surface area contributed by atoms with E-state index < -0.39 is 11.6 Å². The summed E-state index contributed by atoms with van der Waals surface area (Å²) in [6.07, 6.45) is 3.55. The maximum absolute atomic E-state index is 13.6. The lowest BCUT2D eigenvalue weighted by Crippen LogP contribution is -2.39. The molecule has 1 heterocycles. The average Bonchev–Trinajstić information content (AvgIpc) is 3.12. The molecule has 1 aromatic carbocycles. The quantitative estimate of drug-likeness (QED) is 0.405. The Labute approximate surface area is 147 Å². The molecule has 0 bridgehead atoms. The summed E-state index contributed by atoms with van der Waals surface area (Å²) in [6, 6.07) is 3.90. The Morgan fingerprint density at radius 3 is 2.72 bits per heavy atom. The second-order valence-electron chi connectivity index (χ2n) is 5.94. The number of guanidine groups is 1. The van der Waals surface area contributed by atoms with Crippen molar-refractivity contribution in [1.82, 2.24) is 10.6 Å². The first-order valence-corrected chi connectivity index (χ1v) is 8.77. The topological polar surface area (TPSA) is 54.9 Å². The number of ether oxygens (including phenoxy) is 2. The van der Waals surface area contributed by atoms with Crippen LogP contribution in [0.3, 0.4) is 0 Å². The first-order valence-electron chi connectivity index (χ1n) is 8.77. The van der Waals surface area contributed by atoms with Gasteiger partial charge in [0.05, 0.1) is 12.7 Å². The zero-order valence-electron chi connectivity index (χ0n) is 14.7.